The molecular formula is C13H11ClN2O2. The van der Waals surface area contributed by atoms with Crippen LogP contribution >= 0.6 is 11.6 Å². The summed E-state index contributed by atoms with van der Waals surface area (Å²) in [4.78, 5) is 19.1. The molecule has 2 N–H and O–H groups in total. The molecule has 1 aromatic heterocycles. The molecule has 1 aromatic carbocycles. The van der Waals surface area contributed by atoms with Gasteiger partial charge in [0, 0.05) is 11.1 Å². The number of nitrogens with one attached hydrogen (secondary N) is 1. The van der Waals surface area contributed by atoms with Crippen LogP contribution in [0.3, 0.4) is 0 Å². The first-order valence-corrected chi connectivity index (χ1v) is 6.14. The second-order valence-corrected chi connectivity index (χ2v) is 4.77. The lowest BCUT2D eigenvalue weighted by Gasteiger charge is -2.05. The molecule has 0 bridgehead atoms. The zero-order valence-electron chi connectivity index (χ0n) is 9.53. The van der Waals surface area contributed by atoms with E-state index in [0.717, 1.165) is 30.5 Å². The number of phenols is 1. The van der Waals surface area contributed by atoms with E-state index in [2.05, 4.69) is 9.97 Å². The number of hydrogen-bond donors (Lipinski definition) is 2. The number of aromatic hydroxyl groups is 1. The lowest BCUT2D eigenvalue weighted by Crippen LogP contribution is -2.15. The molecule has 4 nitrogen and oxygen atoms in total. The number of halogens is 1. The van der Waals surface area contributed by atoms with Gasteiger partial charge in [-0.25, -0.2) is 4.98 Å². The summed E-state index contributed by atoms with van der Waals surface area (Å²) in [5.41, 5.74) is 2.29. The molecule has 0 radical (unpaired) electrons. The summed E-state index contributed by atoms with van der Waals surface area (Å²) in [7, 11) is 0. The molecule has 0 atom stereocenters. The van der Waals surface area contributed by atoms with Crippen LogP contribution in [-0.2, 0) is 12.8 Å². The van der Waals surface area contributed by atoms with E-state index in [9.17, 15) is 9.90 Å². The van der Waals surface area contributed by atoms with Crippen LogP contribution in [0.5, 0.6) is 5.75 Å². The van der Waals surface area contributed by atoms with E-state index in [4.69, 9.17) is 11.6 Å². The highest BCUT2D eigenvalue weighted by atomic mass is 35.5. The van der Waals surface area contributed by atoms with Gasteiger partial charge in [0.25, 0.3) is 5.56 Å². The van der Waals surface area contributed by atoms with Gasteiger partial charge in [-0.2, -0.15) is 0 Å². The molecule has 3 rings (SSSR count). The number of aromatic nitrogens is 2. The fourth-order valence-corrected chi connectivity index (χ4v) is 2.41. The van der Waals surface area contributed by atoms with Crippen molar-refractivity contribution in [2.45, 2.75) is 19.3 Å². The summed E-state index contributed by atoms with van der Waals surface area (Å²) in [6, 6.07) is 4.77. The Morgan fingerprint density at radius 2 is 2.17 bits per heavy atom. The van der Waals surface area contributed by atoms with Crippen molar-refractivity contribution in [3.63, 3.8) is 0 Å². The fourth-order valence-electron chi connectivity index (χ4n) is 2.23. The lowest BCUT2D eigenvalue weighted by molar-refractivity contribution is 0.475. The largest absolute Gasteiger partial charge is 0.506 e. The summed E-state index contributed by atoms with van der Waals surface area (Å²) in [5.74, 6) is 0.520. The van der Waals surface area contributed by atoms with Crippen molar-refractivity contribution in [3.05, 3.63) is 44.8 Å². The smallest absolute Gasteiger partial charge is 0.254 e. The van der Waals surface area contributed by atoms with E-state index in [1.807, 2.05) is 0 Å². The van der Waals surface area contributed by atoms with Crippen molar-refractivity contribution in [3.8, 4) is 17.1 Å². The minimum absolute atomic E-state index is 0.0175. The molecule has 1 heterocycles. The van der Waals surface area contributed by atoms with Crippen LogP contribution in [0.25, 0.3) is 11.4 Å². The van der Waals surface area contributed by atoms with Crippen LogP contribution in [0.1, 0.15) is 17.7 Å². The number of hydrogen-bond acceptors (Lipinski definition) is 3. The van der Waals surface area contributed by atoms with Crippen LogP contribution < -0.4 is 5.56 Å². The average molecular weight is 263 g/mol. The molecular weight excluding hydrogens is 252 g/mol. The van der Waals surface area contributed by atoms with Crippen molar-refractivity contribution in [2.24, 2.45) is 0 Å². The zero-order valence-corrected chi connectivity index (χ0v) is 10.3. The number of aryl methyl sites for hydroxylation is 1. The lowest BCUT2D eigenvalue weighted by atomic mass is 10.2. The van der Waals surface area contributed by atoms with Crippen LogP contribution in [-0.4, -0.2) is 15.1 Å². The summed E-state index contributed by atoms with van der Waals surface area (Å²) >= 11 is 5.85. The average Bonchev–Trinajstić information content (AvgIpc) is 2.81. The number of aromatic amines is 1. The molecule has 2 aromatic rings. The minimum atomic E-state index is -0.0725. The molecule has 18 heavy (non-hydrogen) atoms. The Morgan fingerprint density at radius 3 is 2.94 bits per heavy atom. The fraction of sp³-hybridized carbons (Fsp3) is 0.231. The van der Waals surface area contributed by atoms with E-state index in [1.54, 1.807) is 12.1 Å². The predicted molar refractivity (Wildman–Crippen MR) is 69.0 cm³/mol. The molecule has 0 aliphatic heterocycles. The molecule has 0 saturated carbocycles. The van der Waals surface area contributed by atoms with E-state index < -0.39 is 0 Å². The van der Waals surface area contributed by atoms with Gasteiger partial charge in [-0.05, 0) is 37.5 Å². The second kappa shape index (κ2) is 4.14. The maximum absolute atomic E-state index is 11.9. The van der Waals surface area contributed by atoms with Crippen molar-refractivity contribution in [1.82, 2.24) is 9.97 Å². The standard InChI is InChI=1S/C13H11ClN2O2/c14-9-6-7(4-5-11(9)17)12-15-10-3-1-2-8(10)13(18)16-12/h4-6,17H,1-3H2,(H,15,16,18). The molecule has 0 fully saturated rings. The summed E-state index contributed by atoms with van der Waals surface area (Å²) in [5, 5.41) is 9.62. The molecule has 0 saturated heterocycles. The third kappa shape index (κ3) is 1.78. The van der Waals surface area contributed by atoms with E-state index in [1.165, 1.54) is 6.07 Å². The van der Waals surface area contributed by atoms with Crippen molar-refractivity contribution < 1.29 is 5.11 Å². The van der Waals surface area contributed by atoms with Gasteiger partial charge in [-0.1, -0.05) is 11.6 Å². The molecule has 0 unspecified atom stereocenters. The van der Waals surface area contributed by atoms with Crippen LogP contribution in [0.15, 0.2) is 23.0 Å². The van der Waals surface area contributed by atoms with Gasteiger partial charge >= 0.3 is 0 Å². The number of H-pyrrole nitrogens is 1. The first-order valence-electron chi connectivity index (χ1n) is 5.76. The maximum Gasteiger partial charge on any atom is 0.254 e. The first-order chi connectivity index (χ1) is 8.65. The Kier molecular flexibility index (Phi) is 2.59. The second-order valence-electron chi connectivity index (χ2n) is 4.36. The van der Waals surface area contributed by atoms with Gasteiger partial charge in [0.05, 0.1) is 10.7 Å². The maximum atomic E-state index is 11.9. The van der Waals surface area contributed by atoms with Crippen LogP contribution in [0.2, 0.25) is 5.02 Å². The monoisotopic (exact) mass is 262 g/mol. The zero-order chi connectivity index (χ0) is 12.7. The number of phenolic OH excluding ortho intramolecular Hbond substituents is 1. The van der Waals surface area contributed by atoms with Gasteiger partial charge in [-0.3, -0.25) is 4.79 Å². The quantitative estimate of drug-likeness (QED) is 0.829. The Hall–Kier alpha value is -1.81. The topological polar surface area (TPSA) is 66.0 Å². The molecule has 1 aliphatic rings. The van der Waals surface area contributed by atoms with Crippen molar-refractivity contribution in [1.29, 1.82) is 0 Å². The summed E-state index contributed by atoms with van der Waals surface area (Å²) < 4.78 is 0. The van der Waals surface area contributed by atoms with E-state index >= 15 is 0 Å². The SMILES string of the molecule is O=c1[nH]c(-c2ccc(O)c(Cl)c2)nc2c1CCC2. The van der Waals surface area contributed by atoms with Gasteiger partial charge < -0.3 is 10.1 Å². The number of nitrogens with zero attached hydrogens (tertiary/aromatic N) is 1. The molecule has 0 amide bonds. The normalized spacial score (nSPS) is 13.6. The van der Waals surface area contributed by atoms with Gasteiger partial charge in [-0.15, -0.1) is 0 Å². The number of benzene rings is 1. The van der Waals surface area contributed by atoms with E-state index in [-0.39, 0.29) is 16.3 Å². The number of fused-ring (bicyclic) bond motifs is 1. The van der Waals surface area contributed by atoms with Crippen molar-refractivity contribution >= 4 is 11.6 Å². The Bertz CT molecular complexity index is 679. The first kappa shape index (κ1) is 11.3. The molecule has 92 valence electrons. The highest BCUT2D eigenvalue weighted by Gasteiger charge is 2.17. The van der Waals surface area contributed by atoms with Gasteiger partial charge in [0.1, 0.15) is 11.6 Å². The molecule has 1 aliphatic carbocycles. The third-order valence-corrected chi connectivity index (χ3v) is 3.47. The van der Waals surface area contributed by atoms with Crippen LogP contribution in [0, 0.1) is 0 Å². The summed E-state index contributed by atoms with van der Waals surface area (Å²) in [6.45, 7) is 0. The summed E-state index contributed by atoms with van der Waals surface area (Å²) in [6.07, 6.45) is 2.62. The van der Waals surface area contributed by atoms with E-state index in [0.29, 0.717) is 11.4 Å². The third-order valence-electron chi connectivity index (χ3n) is 3.16. The predicted octanol–water partition coefficient (Wildman–Crippen LogP) is 2.28. The minimum Gasteiger partial charge on any atom is -0.506 e. The highest BCUT2D eigenvalue weighted by Crippen LogP contribution is 2.28. The molecule has 5 heteroatoms. The number of rotatable bonds is 1. The Labute approximate surface area is 108 Å². The Balaban J connectivity index is 2.15. The highest BCUT2D eigenvalue weighted by molar-refractivity contribution is 6.32. The van der Waals surface area contributed by atoms with Crippen molar-refractivity contribution in [2.75, 3.05) is 0 Å². The van der Waals surface area contributed by atoms with Gasteiger partial charge in [0.15, 0.2) is 0 Å². The van der Waals surface area contributed by atoms with Gasteiger partial charge in [0.2, 0.25) is 0 Å². The molecule has 0 spiro atoms. The van der Waals surface area contributed by atoms with Crippen LogP contribution in [0.4, 0.5) is 0 Å². The Morgan fingerprint density at radius 1 is 1.33 bits per heavy atom.